The fraction of sp³-hybridized carbons (Fsp3) is 0.400. The van der Waals surface area contributed by atoms with Gasteiger partial charge in [0.15, 0.2) is 11.5 Å². The molecule has 3 nitrogen and oxygen atoms in total. The maximum Gasteiger partial charge on any atom is 0.160 e. The number of methoxy groups -OCH3 is 2. The summed E-state index contributed by atoms with van der Waals surface area (Å²) in [6.45, 7) is 2.12. The lowest BCUT2D eigenvalue weighted by Crippen LogP contribution is -2.19. The number of rotatable bonds is 9. The van der Waals surface area contributed by atoms with Crippen LogP contribution in [0.4, 0.5) is 0 Å². The molecule has 0 heterocycles. The molecule has 0 saturated carbocycles. The predicted molar refractivity (Wildman–Crippen MR) is 95.3 cm³/mol. The SMILES string of the molecule is COc1ccc(CCCCN(C)Cc2ccccc2)cc1OC. The molecular formula is C20H27NO2. The van der Waals surface area contributed by atoms with Crippen molar-refractivity contribution in [1.82, 2.24) is 4.90 Å². The Hall–Kier alpha value is -2.00. The molecule has 3 heteroatoms. The first-order valence-electron chi connectivity index (χ1n) is 8.16. The minimum absolute atomic E-state index is 0.791. The van der Waals surface area contributed by atoms with E-state index in [0.29, 0.717) is 0 Å². The van der Waals surface area contributed by atoms with Crippen molar-refractivity contribution in [1.29, 1.82) is 0 Å². The van der Waals surface area contributed by atoms with E-state index in [-0.39, 0.29) is 0 Å². The Morgan fingerprint density at radius 2 is 1.57 bits per heavy atom. The largest absolute Gasteiger partial charge is 0.493 e. The van der Waals surface area contributed by atoms with E-state index in [0.717, 1.165) is 31.0 Å². The minimum atomic E-state index is 0.791. The van der Waals surface area contributed by atoms with Crippen molar-refractivity contribution < 1.29 is 9.47 Å². The van der Waals surface area contributed by atoms with E-state index >= 15 is 0 Å². The Morgan fingerprint density at radius 1 is 0.826 bits per heavy atom. The van der Waals surface area contributed by atoms with Crippen LogP contribution in [0.1, 0.15) is 24.0 Å². The van der Waals surface area contributed by atoms with Gasteiger partial charge in [-0.05, 0) is 56.1 Å². The molecule has 0 bridgehead atoms. The van der Waals surface area contributed by atoms with Crippen molar-refractivity contribution in [3.05, 3.63) is 59.7 Å². The Morgan fingerprint density at radius 3 is 2.26 bits per heavy atom. The van der Waals surface area contributed by atoms with Gasteiger partial charge in [0.1, 0.15) is 0 Å². The summed E-state index contributed by atoms with van der Waals surface area (Å²) in [6, 6.07) is 16.8. The van der Waals surface area contributed by atoms with Crippen LogP contribution < -0.4 is 9.47 Å². The summed E-state index contributed by atoms with van der Waals surface area (Å²) in [5.41, 5.74) is 2.67. The molecule has 23 heavy (non-hydrogen) atoms. The van der Waals surface area contributed by atoms with Crippen LogP contribution in [0.25, 0.3) is 0 Å². The van der Waals surface area contributed by atoms with Gasteiger partial charge in [-0.25, -0.2) is 0 Å². The van der Waals surface area contributed by atoms with E-state index in [1.54, 1.807) is 14.2 Å². The number of hydrogen-bond donors (Lipinski definition) is 0. The summed E-state index contributed by atoms with van der Waals surface area (Å²) >= 11 is 0. The highest BCUT2D eigenvalue weighted by Gasteiger charge is 2.05. The van der Waals surface area contributed by atoms with E-state index in [1.165, 1.54) is 24.0 Å². The summed E-state index contributed by atoms with van der Waals surface area (Å²) in [6.07, 6.45) is 3.44. The van der Waals surface area contributed by atoms with Gasteiger partial charge in [-0.2, -0.15) is 0 Å². The summed E-state index contributed by atoms with van der Waals surface area (Å²) in [5.74, 6) is 1.60. The van der Waals surface area contributed by atoms with Gasteiger partial charge in [0.25, 0.3) is 0 Å². The maximum absolute atomic E-state index is 5.35. The van der Waals surface area contributed by atoms with Gasteiger partial charge in [0.2, 0.25) is 0 Å². The van der Waals surface area contributed by atoms with Crippen LogP contribution in [0.3, 0.4) is 0 Å². The second kappa shape index (κ2) is 9.21. The average molecular weight is 313 g/mol. The van der Waals surface area contributed by atoms with Crippen molar-refractivity contribution >= 4 is 0 Å². The first-order chi connectivity index (χ1) is 11.2. The van der Waals surface area contributed by atoms with Crippen LogP contribution in [0.2, 0.25) is 0 Å². The monoisotopic (exact) mass is 313 g/mol. The molecule has 0 aromatic heterocycles. The molecule has 124 valence electrons. The van der Waals surface area contributed by atoms with Crippen LogP contribution >= 0.6 is 0 Å². The average Bonchev–Trinajstić information content (AvgIpc) is 2.59. The van der Waals surface area contributed by atoms with Crippen LogP contribution in [0.5, 0.6) is 11.5 Å². The van der Waals surface area contributed by atoms with Crippen LogP contribution in [-0.2, 0) is 13.0 Å². The molecule has 2 aromatic carbocycles. The Labute approximate surface area is 139 Å². The van der Waals surface area contributed by atoms with Gasteiger partial charge in [0, 0.05) is 6.54 Å². The molecule has 0 aliphatic rings. The molecule has 0 amide bonds. The highest BCUT2D eigenvalue weighted by atomic mass is 16.5. The number of nitrogens with zero attached hydrogens (tertiary/aromatic N) is 1. The van der Waals surface area contributed by atoms with Crippen molar-refractivity contribution in [2.45, 2.75) is 25.8 Å². The summed E-state index contributed by atoms with van der Waals surface area (Å²) in [5, 5.41) is 0. The summed E-state index contributed by atoms with van der Waals surface area (Å²) < 4.78 is 10.6. The van der Waals surface area contributed by atoms with E-state index in [9.17, 15) is 0 Å². The fourth-order valence-corrected chi connectivity index (χ4v) is 2.72. The third-order valence-electron chi connectivity index (χ3n) is 4.00. The Balaban J connectivity index is 1.72. The zero-order valence-corrected chi connectivity index (χ0v) is 14.4. The van der Waals surface area contributed by atoms with Gasteiger partial charge >= 0.3 is 0 Å². The zero-order valence-electron chi connectivity index (χ0n) is 14.4. The van der Waals surface area contributed by atoms with E-state index < -0.39 is 0 Å². The van der Waals surface area contributed by atoms with Crippen molar-refractivity contribution in [3.63, 3.8) is 0 Å². The lowest BCUT2D eigenvalue weighted by atomic mass is 10.1. The van der Waals surface area contributed by atoms with Crippen molar-refractivity contribution in [2.24, 2.45) is 0 Å². The third-order valence-corrected chi connectivity index (χ3v) is 4.00. The van der Waals surface area contributed by atoms with Crippen LogP contribution in [0, 0.1) is 0 Å². The molecular weight excluding hydrogens is 286 g/mol. The van der Waals surface area contributed by atoms with Gasteiger partial charge in [-0.15, -0.1) is 0 Å². The number of aryl methyl sites for hydroxylation is 1. The van der Waals surface area contributed by atoms with Crippen molar-refractivity contribution in [3.8, 4) is 11.5 Å². The Kier molecular flexibility index (Phi) is 6.95. The minimum Gasteiger partial charge on any atom is -0.493 e. The van der Waals surface area contributed by atoms with Gasteiger partial charge in [-0.3, -0.25) is 0 Å². The quantitative estimate of drug-likeness (QED) is 0.649. The topological polar surface area (TPSA) is 21.7 Å². The maximum atomic E-state index is 5.35. The highest BCUT2D eigenvalue weighted by molar-refractivity contribution is 5.42. The Bertz CT molecular complexity index is 583. The standard InChI is InChI=1S/C20H27NO2/c1-21(16-18-10-5-4-6-11-18)14-8-7-9-17-12-13-19(22-2)20(15-17)23-3/h4-6,10-13,15H,7-9,14,16H2,1-3H3. The first kappa shape index (κ1) is 17.4. The predicted octanol–water partition coefficient (Wildman–Crippen LogP) is 4.16. The smallest absolute Gasteiger partial charge is 0.160 e. The number of ether oxygens (including phenoxy) is 2. The second-order valence-electron chi connectivity index (χ2n) is 5.87. The highest BCUT2D eigenvalue weighted by Crippen LogP contribution is 2.28. The molecule has 2 rings (SSSR count). The summed E-state index contributed by atoms with van der Waals surface area (Å²) in [7, 11) is 5.53. The zero-order chi connectivity index (χ0) is 16.5. The van der Waals surface area contributed by atoms with Crippen molar-refractivity contribution in [2.75, 3.05) is 27.8 Å². The lowest BCUT2D eigenvalue weighted by molar-refractivity contribution is 0.318. The molecule has 0 radical (unpaired) electrons. The van der Waals surface area contributed by atoms with Crippen LogP contribution in [0.15, 0.2) is 48.5 Å². The van der Waals surface area contributed by atoms with Gasteiger partial charge in [0.05, 0.1) is 14.2 Å². The lowest BCUT2D eigenvalue weighted by Gasteiger charge is -2.16. The van der Waals surface area contributed by atoms with Gasteiger partial charge in [-0.1, -0.05) is 36.4 Å². The van der Waals surface area contributed by atoms with Gasteiger partial charge < -0.3 is 14.4 Å². The molecule has 2 aromatic rings. The molecule has 0 unspecified atom stereocenters. The van der Waals surface area contributed by atoms with E-state index in [2.05, 4.69) is 54.4 Å². The van der Waals surface area contributed by atoms with E-state index in [4.69, 9.17) is 9.47 Å². The molecule has 0 saturated heterocycles. The molecule has 0 spiro atoms. The molecule has 0 N–H and O–H groups in total. The number of hydrogen-bond acceptors (Lipinski definition) is 3. The van der Waals surface area contributed by atoms with Crippen LogP contribution in [-0.4, -0.2) is 32.7 Å². The molecule has 0 aliphatic carbocycles. The second-order valence-corrected chi connectivity index (χ2v) is 5.87. The number of benzene rings is 2. The third kappa shape index (κ3) is 5.61. The summed E-state index contributed by atoms with van der Waals surface area (Å²) in [4.78, 5) is 2.38. The van der Waals surface area contributed by atoms with E-state index in [1.807, 2.05) is 6.07 Å². The molecule has 0 fully saturated rings. The number of unbranched alkanes of at least 4 members (excludes halogenated alkanes) is 1. The molecule has 0 atom stereocenters. The fourth-order valence-electron chi connectivity index (χ4n) is 2.72. The normalized spacial score (nSPS) is 10.8. The first-order valence-corrected chi connectivity index (χ1v) is 8.16. The molecule has 0 aliphatic heterocycles.